The molecular weight excluding hydrogens is 318 g/mol. The molecule has 0 radical (unpaired) electrons. The zero-order valence-corrected chi connectivity index (χ0v) is 14.9. The first-order valence-electron chi connectivity index (χ1n) is 8.48. The smallest absolute Gasteiger partial charge is 0.408 e. The van der Waals surface area contributed by atoms with Crippen LogP contribution in [0.4, 0.5) is 10.6 Å². The molecule has 7 heteroatoms. The van der Waals surface area contributed by atoms with Crippen molar-refractivity contribution in [2.75, 3.05) is 5.73 Å². The molecule has 7 nitrogen and oxygen atoms in total. The van der Waals surface area contributed by atoms with Crippen LogP contribution >= 0.6 is 0 Å². The standard InChI is InChI=1S/C18H25N5O2/c1-5-12(23(17(24)25)18(2,3)4)8-22-9-13(11-6-7-11)14-15(19)20-10-21-16(14)22/h5,9-12H,1,6-8H2,2-4H3,(H,24,25)(H2,19,20,21)/t12-/m0/s1. The van der Waals surface area contributed by atoms with Crippen LogP contribution in [-0.2, 0) is 6.54 Å². The minimum Gasteiger partial charge on any atom is -0.465 e. The molecule has 0 saturated heterocycles. The molecule has 1 amide bonds. The number of rotatable bonds is 5. The average Bonchev–Trinajstić information content (AvgIpc) is 3.28. The van der Waals surface area contributed by atoms with Gasteiger partial charge in [-0.05, 0) is 45.1 Å². The Morgan fingerprint density at radius 2 is 2.20 bits per heavy atom. The van der Waals surface area contributed by atoms with Crippen molar-refractivity contribution >= 4 is 22.9 Å². The number of hydrogen-bond donors (Lipinski definition) is 2. The summed E-state index contributed by atoms with van der Waals surface area (Å²) in [5, 5.41) is 10.6. The molecule has 0 unspecified atom stereocenters. The zero-order valence-electron chi connectivity index (χ0n) is 14.9. The van der Waals surface area contributed by atoms with Gasteiger partial charge in [0.2, 0.25) is 0 Å². The first-order valence-corrected chi connectivity index (χ1v) is 8.48. The van der Waals surface area contributed by atoms with Crippen LogP contribution in [0.1, 0.15) is 45.1 Å². The number of nitrogen functional groups attached to an aromatic ring is 1. The third-order valence-electron chi connectivity index (χ3n) is 4.65. The summed E-state index contributed by atoms with van der Waals surface area (Å²) >= 11 is 0. The molecule has 134 valence electrons. The van der Waals surface area contributed by atoms with E-state index in [0.717, 1.165) is 29.4 Å². The monoisotopic (exact) mass is 343 g/mol. The van der Waals surface area contributed by atoms with Crippen LogP contribution in [-0.4, -0.2) is 42.2 Å². The van der Waals surface area contributed by atoms with Gasteiger partial charge in [0.05, 0.1) is 11.4 Å². The molecule has 0 aromatic carbocycles. The summed E-state index contributed by atoms with van der Waals surface area (Å²) in [6, 6.07) is -0.378. The van der Waals surface area contributed by atoms with Gasteiger partial charge in [0.15, 0.2) is 0 Å². The molecule has 2 heterocycles. The number of hydrogen-bond acceptors (Lipinski definition) is 4. The van der Waals surface area contributed by atoms with E-state index in [0.29, 0.717) is 18.3 Å². The number of carbonyl (C=O) groups is 1. The molecule has 1 fully saturated rings. The second-order valence-electron chi connectivity index (χ2n) is 7.60. The highest BCUT2D eigenvalue weighted by molar-refractivity contribution is 5.90. The highest BCUT2D eigenvalue weighted by Crippen LogP contribution is 2.44. The van der Waals surface area contributed by atoms with E-state index >= 15 is 0 Å². The molecule has 25 heavy (non-hydrogen) atoms. The largest absolute Gasteiger partial charge is 0.465 e. The average molecular weight is 343 g/mol. The summed E-state index contributed by atoms with van der Waals surface area (Å²) < 4.78 is 1.98. The van der Waals surface area contributed by atoms with Crippen LogP contribution in [0.15, 0.2) is 25.2 Å². The maximum Gasteiger partial charge on any atom is 0.408 e. The minimum atomic E-state index is -0.967. The molecular formula is C18H25N5O2. The lowest BCUT2D eigenvalue weighted by Gasteiger charge is -2.38. The van der Waals surface area contributed by atoms with Gasteiger partial charge in [0, 0.05) is 18.3 Å². The minimum absolute atomic E-state index is 0.378. The molecule has 0 aliphatic heterocycles. The van der Waals surface area contributed by atoms with Gasteiger partial charge in [-0.1, -0.05) is 6.08 Å². The number of amides is 1. The van der Waals surface area contributed by atoms with Crippen molar-refractivity contribution in [3.05, 3.63) is 30.7 Å². The van der Waals surface area contributed by atoms with E-state index in [9.17, 15) is 9.90 Å². The van der Waals surface area contributed by atoms with Crippen LogP contribution in [0.3, 0.4) is 0 Å². The second-order valence-corrected chi connectivity index (χ2v) is 7.60. The fourth-order valence-electron chi connectivity index (χ4n) is 3.41. The highest BCUT2D eigenvalue weighted by Gasteiger charge is 2.33. The molecule has 3 rings (SSSR count). The lowest BCUT2D eigenvalue weighted by molar-refractivity contribution is 0.0788. The third-order valence-corrected chi connectivity index (χ3v) is 4.65. The van der Waals surface area contributed by atoms with Crippen molar-refractivity contribution in [3.63, 3.8) is 0 Å². The molecule has 1 saturated carbocycles. The number of carboxylic acid groups (broad SMARTS) is 1. The van der Waals surface area contributed by atoms with Crippen molar-refractivity contribution < 1.29 is 9.90 Å². The van der Waals surface area contributed by atoms with Crippen LogP contribution in [0.25, 0.3) is 11.0 Å². The quantitative estimate of drug-likeness (QED) is 0.812. The predicted molar refractivity (Wildman–Crippen MR) is 97.5 cm³/mol. The van der Waals surface area contributed by atoms with Crippen molar-refractivity contribution in [2.45, 2.75) is 57.7 Å². The summed E-state index contributed by atoms with van der Waals surface area (Å²) in [6.45, 7) is 9.92. The topological polar surface area (TPSA) is 97.3 Å². The Morgan fingerprint density at radius 3 is 2.72 bits per heavy atom. The van der Waals surface area contributed by atoms with Gasteiger partial charge in [-0.25, -0.2) is 14.8 Å². The normalized spacial score (nSPS) is 16.0. The van der Waals surface area contributed by atoms with Gasteiger partial charge in [-0.15, -0.1) is 6.58 Å². The van der Waals surface area contributed by atoms with E-state index in [1.54, 1.807) is 6.08 Å². The van der Waals surface area contributed by atoms with E-state index in [1.165, 1.54) is 11.2 Å². The lowest BCUT2D eigenvalue weighted by Crippen LogP contribution is -2.51. The van der Waals surface area contributed by atoms with Gasteiger partial charge in [0.1, 0.15) is 17.8 Å². The first kappa shape index (κ1) is 17.3. The summed E-state index contributed by atoms with van der Waals surface area (Å²) in [5.74, 6) is 0.976. The predicted octanol–water partition coefficient (Wildman–Crippen LogP) is 3.22. The van der Waals surface area contributed by atoms with Crippen LogP contribution in [0, 0.1) is 0 Å². The summed E-state index contributed by atoms with van der Waals surface area (Å²) in [4.78, 5) is 21.7. The van der Waals surface area contributed by atoms with E-state index < -0.39 is 11.6 Å². The summed E-state index contributed by atoms with van der Waals surface area (Å²) in [5.41, 5.74) is 7.46. The number of nitrogens with zero attached hydrogens (tertiary/aromatic N) is 4. The van der Waals surface area contributed by atoms with E-state index in [2.05, 4.69) is 16.5 Å². The third kappa shape index (κ3) is 3.18. The molecule has 3 N–H and O–H groups in total. The molecule has 1 aliphatic carbocycles. The van der Waals surface area contributed by atoms with Crippen molar-refractivity contribution in [3.8, 4) is 0 Å². The van der Waals surface area contributed by atoms with E-state index in [1.807, 2.05) is 31.5 Å². The summed E-state index contributed by atoms with van der Waals surface area (Å²) in [6.07, 6.45) is 6.49. The highest BCUT2D eigenvalue weighted by atomic mass is 16.4. The van der Waals surface area contributed by atoms with Crippen molar-refractivity contribution in [1.82, 2.24) is 19.4 Å². The van der Waals surface area contributed by atoms with Gasteiger partial charge < -0.3 is 15.4 Å². The van der Waals surface area contributed by atoms with Gasteiger partial charge in [-0.2, -0.15) is 0 Å². The molecule has 0 bridgehead atoms. The molecule has 1 aliphatic rings. The maximum absolute atomic E-state index is 11.8. The Kier molecular flexibility index (Phi) is 4.18. The number of nitrogens with two attached hydrogens (primary N) is 1. The number of aromatic nitrogens is 3. The molecule has 2 aromatic rings. The molecule has 1 atom stereocenters. The maximum atomic E-state index is 11.8. The van der Waals surface area contributed by atoms with Gasteiger partial charge in [0.25, 0.3) is 0 Å². The van der Waals surface area contributed by atoms with Crippen molar-refractivity contribution in [2.24, 2.45) is 0 Å². The zero-order chi connectivity index (χ0) is 18.4. The Morgan fingerprint density at radius 1 is 1.52 bits per heavy atom. The van der Waals surface area contributed by atoms with Crippen LogP contribution < -0.4 is 5.73 Å². The Balaban J connectivity index is 2.03. The lowest BCUT2D eigenvalue weighted by atomic mass is 10.0. The van der Waals surface area contributed by atoms with E-state index in [-0.39, 0.29) is 6.04 Å². The van der Waals surface area contributed by atoms with Crippen LogP contribution in [0.2, 0.25) is 0 Å². The molecule has 2 aromatic heterocycles. The van der Waals surface area contributed by atoms with E-state index in [4.69, 9.17) is 5.73 Å². The summed E-state index contributed by atoms with van der Waals surface area (Å²) in [7, 11) is 0. The SMILES string of the molecule is C=C[C@@H](Cn1cc(C2CC2)c2c(N)ncnc21)N(C(=O)O)C(C)(C)C. The number of fused-ring (bicyclic) bond motifs is 1. The van der Waals surface area contributed by atoms with Gasteiger partial charge >= 0.3 is 6.09 Å². The van der Waals surface area contributed by atoms with Crippen molar-refractivity contribution in [1.29, 1.82) is 0 Å². The molecule has 0 spiro atoms. The fourth-order valence-corrected chi connectivity index (χ4v) is 3.41. The number of anilines is 1. The Labute approximate surface area is 147 Å². The first-order chi connectivity index (χ1) is 11.7. The Bertz CT molecular complexity index is 817. The fraction of sp³-hybridized carbons (Fsp3) is 0.500. The Hall–Kier alpha value is -2.57. The second kappa shape index (κ2) is 6.06. The van der Waals surface area contributed by atoms with Crippen LogP contribution in [0.5, 0.6) is 0 Å². The van der Waals surface area contributed by atoms with Gasteiger partial charge in [-0.3, -0.25) is 4.90 Å².